The van der Waals surface area contributed by atoms with Gasteiger partial charge in [-0.1, -0.05) is 22.4 Å². The van der Waals surface area contributed by atoms with Crippen LogP contribution in [0.4, 0.5) is 4.79 Å². The first-order chi connectivity index (χ1) is 7.90. The van der Waals surface area contributed by atoms with Gasteiger partial charge in [0.2, 0.25) is 0 Å². The zero-order valence-electron chi connectivity index (χ0n) is 10.1. The molecule has 1 aromatic heterocycles. The monoisotopic (exact) mass is 258 g/mol. The van der Waals surface area contributed by atoms with Gasteiger partial charge >= 0.3 is 11.6 Å². The number of rotatable bonds is 3. The Morgan fingerprint density at radius 2 is 2.24 bits per heavy atom. The van der Waals surface area contributed by atoms with E-state index in [1.807, 2.05) is 13.8 Å². The summed E-state index contributed by atoms with van der Waals surface area (Å²) in [5.74, 6) is 0.229. The molecule has 1 aromatic rings. The van der Waals surface area contributed by atoms with Crippen LogP contribution in [0.1, 0.15) is 19.6 Å². The second-order valence-corrected chi connectivity index (χ2v) is 4.26. The normalized spacial score (nSPS) is 10.6. The fraction of sp³-hybridized carbons (Fsp3) is 0.455. The van der Waals surface area contributed by atoms with Gasteiger partial charge in [0.1, 0.15) is 5.02 Å². The van der Waals surface area contributed by atoms with E-state index in [1.54, 1.807) is 6.08 Å². The van der Waals surface area contributed by atoms with E-state index in [4.69, 9.17) is 16.1 Å². The first-order valence-corrected chi connectivity index (χ1v) is 5.58. The lowest BCUT2D eigenvalue weighted by Gasteiger charge is -2.23. The lowest BCUT2D eigenvalue weighted by atomic mass is 10.3. The Balaban J connectivity index is 3.14. The van der Waals surface area contributed by atoms with Gasteiger partial charge in [0.15, 0.2) is 5.76 Å². The average molecular weight is 259 g/mol. The summed E-state index contributed by atoms with van der Waals surface area (Å²) in [6.45, 7) is 9.10. The molecule has 0 bridgehead atoms. The summed E-state index contributed by atoms with van der Waals surface area (Å²) >= 11 is 5.69. The van der Waals surface area contributed by atoms with Crippen molar-refractivity contribution in [2.45, 2.75) is 26.8 Å². The molecule has 0 unspecified atom stereocenters. The van der Waals surface area contributed by atoms with Gasteiger partial charge in [0.05, 0.1) is 0 Å². The maximum Gasteiger partial charge on any atom is 0.361 e. The number of aryl methyl sites for hydroxylation is 1. The van der Waals surface area contributed by atoms with Crippen LogP contribution >= 0.6 is 11.6 Å². The largest absolute Gasteiger partial charge is 0.370 e. The van der Waals surface area contributed by atoms with Crippen molar-refractivity contribution in [2.75, 3.05) is 6.54 Å². The predicted octanol–water partition coefficient (Wildman–Crippen LogP) is 2.27. The van der Waals surface area contributed by atoms with Crippen LogP contribution in [0.25, 0.3) is 0 Å². The average Bonchev–Trinajstić information content (AvgIpc) is 2.52. The van der Waals surface area contributed by atoms with Crippen molar-refractivity contribution in [3.05, 3.63) is 33.8 Å². The summed E-state index contributed by atoms with van der Waals surface area (Å²) in [5.41, 5.74) is -0.635. The van der Waals surface area contributed by atoms with Crippen LogP contribution < -0.4 is 5.56 Å². The molecule has 0 saturated heterocycles. The van der Waals surface area contributed by atoms with Crippen LogP contribution in [0.5, 0.6) is 0 Å². The lowest BCUT2D eigenvalue weighted by molar-refractivity contribution is 0.158. The lowest BCUT2D eigenvalue weighted by Crippen LogP contribution is -2.42. The van der Waals surface area contributed by atoms with Crippen LogP contribution in [0, 0.1) is 6.92 Å². The Morgan fingerprint density at radius 1 is 1.65 bits per heavy atom. The predicted molar refractivity (Wildman–Crippen MR) is 65.5 cm³/mol. The molecule has 5 nitrogen and oxygen atoms in total. The van der Waals surface area contributed by atoms with Gasteiger partial charge < -0.3 is 9.42 Å². The minimum atomic E-state index is -0.635. The number of aromatic nitrogens is 1. The molecule has 0 radical (unpaired) electrons. The first-order valence-electron chi connectivity index (χ1n) is 5.20. The van der Waals surface area contributed by atoms with E-state index in [-0.39, 0.29) is 16.8 Å². The first kappa shape index (κ1) is 13.6. The second kappa shape index (κ2) is 5.23. The molecule has 1 rings (SSSR count). The van der Waals surface area contributed by atoms with E-state index in [1.165, 1.54) is 11.8 Å². The molecule has 1 heterocycles. The minimum Gasteiger partial charge on any atom is -0.370 e. The highest BCUT2D eigenvalue weighted by Crippen LogP contribution is 2.11. The van der Waals surface area contributed by atoms with Crippen LogP contribution in [-0.2, 0) is 0 Å². The molecule has 0 N–H and O–H groups in total. The smallest absolute Gasteiger partial charge is 0.361 e. The maximum atomic E-state index is 12.1. The van der Waals surface area contributed by atoms with Crippen molar-refractivity contribution in [2.24, 2.45) is 0 Å². The zero-order chi connectivity index (χ0) is 13.2. The third kappa shape index (κ3) is 2.61. The third-order valence-corrected chi connectivity index (χ3v) is 2.71. The van der Waals surface area contributed by atoms with Gasteiger partial charge in [-0.3, -0.25) is 4.79 Å². The number of nitrogens with zero attached hydrogens (tertiary/aromatic N) is 2. The topological polar surface area (TPSA) is 55.5 Å². The molecule has 94 valence electrons. The van der Waals surface area contributed by atoms with Crippen molar-refractivity contribution in [3.8, 4) is 0 Å². The Morgan fingerprint density at radius 3 is 2.59 bits per heavy atom. The van der Waals surface area contributed by atoms with E-state index >= 15 is 0 Å². The summed E-state index contributed by atoms with van der Waals surface area (Å²) in [5, 5.41) is -0.0688. The van der Waals surface area contributed by atoms with Gasteiger partial charge in [-0.05, 0) is 20.8 Å². The van der Waals surface area contributed by atoms with Crippen molar-refractivity contribution >= 4 is 17.6 Å². The molecule has 0 aliphatic rings. The highest BCUT2D eigenvalue weighted by atomic mass is 35.5. The number of amides is 1. The number of hydrogen-bond donors (Lipinski definition) is 0. The van der Waals surface area contributed by atoms with Crippen molar-refractivity contribution in [1.29, 1.82) is 0 Å². The van der Waals surface area contributed by atoms with Gasteiger partial charge in [-0.2, -0.15) is 0 Å². The molecule has 0 spiro atoms. The van der Waals surface area contributed by atoms with Gasteiger partial charge in [-0.15, -0.1) is 6.58 Å². The van der Waals surface area contributed by atoms with Gasteiger partial charge in [0, 0.05) is 12.6 Å². The number of carbonyl (C=O) groups excluding carboxylic acids is 1. The second-order valence-electron chi connectivity index (χ2n) is 3.88. The van der Waals surface area contributed by atoms with E-state index in [0.717, 1.165) is 0 Å². The van der Waals surface area contributed by atoms with Crippen LogP contribution in [0.15, 0.2) is 22.0 Å². The van der Waals surface area contributed by atoms with E-state index < -0.39 is 11.6 Å². The Bertz CT molecular complexity index is 487. The minimum absolute atomic E-state index is 0.0688. The Hall–Kier alpha value is -1.49. The van der Waals surface area contributed by atoms with E-state index in [0.29, 0.717) is 11.3 Å². The quantitative estimate of drug-likeness (QED) is 0.782. The third-order valence-electron chi connectivity index (χ3n) is 2.28. The molecule has 6 heteroatoms. The number of carbonyl (C=O) groups is 1. The Labute approximate surface area is 104 Å². The molecule has 0 aliphatic carbocycles. The summed E-state index contributed by atoms with van der Waals surface area (Å²) < 4.78 is 5.70. The SMILES string of the molecule is C=CCN(C(=O)n1oc(C)c(Cl)c1=O)C(C)C. The zero-order valence-corrected chi connectivity index (χ0v) is 10.8. The number of halogens is 1. The van der Waals surface area contributed by atoms with Crippen LogP contribution in [0.3, 0.4) is 0 Å². The highest BCUT2D eigenvalue weighted by molar-refractivity contribution is 6.31. The maximum absolute atomic E-state index is 12.1. The van der Waals surface area contributed by atoms with Gasteiger partial charge in [-0.25, -0.2) is 4.79 Å². The molecular weight excluding hydrogens is 244 g/mol. The molecule has 0 aliphatic heterocycles. The molecule has 0 fully saturated rings. The summed E-state index contributed by atoms with van der Waals surface area (Å²) in [6.07, 6.45) is 1.58. The van der Waals surface area contributed by atoms with Crippen molar-refractivity contribution < 1.29 is 9.32 Å². The fourth-order valence-corrected chi connectivity index (χ4v) is 1.46. The number of hydrogen-bond acceptors (Lipinski definition) is 3. The summed E-state index contributed by atoms with van der Waals surface area (Å²) in [4.78, 5) is 25.1. The molecular formula is C11H15ClN2O3. The fourth-order valence-electron chi connectivity index (χ4n) is 1.35. The molecule has 0 saturated carbocycles. The Kier molecular flexibility index (Phi) is 4.17. The molecule has 0 aromatic carbocycles. The van der Waals surface area contributed by atoms with Gasteiger partial charge in [0.25, 0.3) is 0 Å². The van der Waals surface area contributed by atoms with E-state index in [2.05, 4.69) is 6.58 Å². The molecule has 1 amide bonds. The molecule has 17 heavy (non-hydrogen) atoms. The van der Waals surface area contributed by atoms with Crippen LogP contribution in [0.2, 0.25) is 5.02 Å². The highest BCUT2D eigenvalue weighted by Gasteiger charge is 2.23. The van der Waals surface area contributed by atoms with Crippen LogP contribution in [-0.4, -0.2) is 28.3 Å². The van der Waals surface area contributed by atoms with Crippen molar-refractivity contribution in [1.82, 2.24) is 9.64 Å². The van der Waals surface area contributed by atoms with Crippen molar-refractivity contribution in [3.63, 3.8) is 0 Å². The molecule has 0 atom stereocenters. The summed E-state index contributed by atoms with van der Waals surface area (Å²) in [7, 11) is 0. The summed E-state index contributed by atoms with van der Waals surface area (Å²) in [6, 6.07) is -0.614. The van der Waals surface area contributed by atoms with E-state index in [9.17, 15) is 9.59 Å². The standard InChI is InChI=1S/C11H15ClN2O3/c1-5-6-13(7(2)3)11(16)14-10(15)9(12)8(4)17-14/h5,7H,1,6H2,2-4H3.